The zero-order valence-electron chi connectivity index (χ0n) is 9.13. The first-order chi connectivity index (χ1) is 7.69. The molecule has 2 rings (SSSR count). The van der Waals surface area contributed by atoms with Gasteiger partial charge in [-0.2, -0.15) is 0 Å². The fourth-order valence-corrected chi connectivity index (χ4v) is 1.72. The molecule has 0 aliphatic heterocycles. The van der Waals surface area contributed by atoms with E-state index >= 15 is 0 Å². The van der Waals surface area contributed by atoms with Crippen LogP contribution in [0.3, 0.4) is 0 Å². The second-order valence-corrected chi connectivity index (χ2v) is 4.38. The fourth-order valence-electron chi connectivity index (χ4n) is 1.48. The zero-order chi connectivity index (χ0) is 11.5. The summed E-state index contributed by atoms with van der Waals surface area (Å²) >= 11 is 6.04. The summed E-state index contributed by atoms with van der Waals surface area (Å²) in [6, 6.07) is 5.75. The highest BCUT2D eigenvalue weighted by molar-refractivity contribution is 6.31. The van der Waals surface area contributed by atoms with Gasteiger partial charge in [0.05, 0.1) is 13.5 Å². The van der Waals surface area contributed by atoms with Crippen LogP contribution >= 0.6 is 11.6 Å². The maximum Gasteiger partial charge on any atom is 0.224 e. The lowest BCUT2D eigenvalue weighted by molar-refractivity contribution is -0.120. The predicted molar refractivity (Wildman–Crippen MR) is 62.9 cm³/mol. The van der Waals surface area contributed by atoms with E-state index in [4.69, 9.17) is 16.3 Å². The van der Waals surface area contributed by atoms with Gasteiger partial charge in [-0.3, -0.25) is 4.79 Å². The van der Waals surface area contributed by atoms with Gasteiger partial charge in [-0.05, 0) is 30.5 Å². The molecule has 1 aromatic carbocycles. The van der Waals surface area contributed by atoms with E-state index < -0.39 is 0 Å². The molecule has 0 saturated heterocycles. The maximum atomic E-state index is 11.6. The van der Waals surface area contributed by atoms with Gasteiger partial charge in [-0.1, -0.05) is 17.7 Å². The van der Waals surface area contributed by atoms with E-state index in [1.54, 1.807) is 13.2 Å². The Labute approximate surface area is 99.7 Å². The topological polar surface area (TPSA) is 38.3 Å². The van der Waals surface area contributed by atoms with Crippen molar-refractivity contribution in [1.29, 1.82) is 0 Å². The minimum atomic E-state index is 0.0366. The maximum absolute atomic E-state index is 11.6. The molecule has 16 heavy (non-hydrogen) atoms. The third-order valence-electron chi connectivity index (χ3n) is 2.55. The van der Waals surface area contributed by atoms with E-state index in [1.807, 2.05) is 12.1 Å². The molecular formula is C12H14ClNO2. The van der Waals surface area contributed by atoms with Gasteiger partial charge < -0.3 is 10.1 Å². The van der Waals surface area contributed by atoms with Gasteiger partial charge in [-0.15, -0.1) is 0 Å². The van der Waals surface area contributed by atoms with Crippen molar-refractivity contribution in [3.63, 3.8) is 0 Å². The molecule has 1 aliphatic rings. The van der Waals surface area contributed by atoms with Crippen LogP contribution in [0, 0.1) is 0 Å². The molecule has 1 saturated carbocycles. The van der Waals surface area contributed by atoms with E-state index in [9.17, 15) is 4.79 Å². The lowest BCUT2D eigenvalue weighted by Gasteiger charge is -2.07. The molecule has 0 spiro atoms. The molecule has 1 N–H and O–H groups in total. The normalized spacial score (nSPS) is 14.6. The average molecular weight is 240 g/mol. The van der Waals surface area contributed by atoms with E-state index in [1.165, 1.54) is 0 Å². The molecule has 1 aromatic rings. The molecule has 1 aliphatic carbocycles. The van der Waals surface area contributed by atoms with Gasteiger partial charge >= 0.3 is 0 Å². The Morgan fingerprint density at radius 1 is 1.56 bits per heavy atom. The number of hydrogen-bond donors (Lipinski definition) is 1. The number of benzene rings is 1. The summed E-state index contributed by atoms with van der Waals surface area (Å²) < 4.78 is 5.04. The first kappa shape index (κ1) is 11.3. The molecule has 1 amide bonds. The number of halogens is 1. The summed E-state index contributed by atoms with van der Waals surface area (Å²) in [7, 11) is 1.59. The molecule has 3 nitrogen and oxygen atoms in total. The predicted octanol–water partition coefficient (Wildman–Crippen LogP) is 2.17. The van der Waals surface area contributed by atoms with Crippen LogP contribution in [0.15, 0.2) is 18.2 Å². The number of methoxy groups -OCH3 is 1. The molecule has 4 heteroatoms. The Hall–Kier alpha value is -1.22. The SMILES string of the molecule is COc1ccc(CC(=O)NC2CC2)c(Cl)c1. The quantitative estimate of drug-likeness (QED) is 0.875. The summed E-state index contributed by atoms with van der Waals surface area (Å²) in [5.41, 5.74) is 0.834. The van der Waals surface area contributed by atoms with E-state index in [2.05, 4.69) is 5.32 Å². The molecule has 0 radical (unpaired) electrons. The fraction of sp³-hybridized carbons (Fsp3) is 0.417. The van der Waals surface area contributed by atoms with Crippen LogP contribution in [0.5, 0.6) is 5.75 Å². The molecular weight excluding hydrogens is 226 g/mol. The first-order valence-electron chi connectivity index (χ1n) is 5.31. The Balaban J connectivity index is 1.99. The second-order valence-electron chi connectivity index (χ2n) is 3.98. The summed E-state index contributed by atoms with van der Waals surface area (Å²) in [6.45, 7) is 0. The van der Waals surface area contributed by atoms with Gasteiger partial charge in [0.2, 0.25) is 5.91 Å². The van der Waals surface area contributed by atoms with Crippen LogP contribution in [0.1, 0.15) is 18.4 Å². The van der Waals surface area contributed by atoms with Gasteiger partial charge in [0.25, 0.3) is 0 Å². The largest absolute Gasteiger partial charge is 0.497 e. The lowest BCUT2D eigenvalue weighted by atomic mass is 10.1. The number of ether oxygens (including phenoxy) is 1. The van der Waals surface area contributed by atoms with Crippen molar-refractivity contribution in [2.24, 2.45) is 0 Å². The smallest absolute Gasteiger partial charge is 0.224 e. The Morgan fingerprint density at radius 2 is 2.31 bits per heavy atom. The molecule has 0 heterocycles. The number of carbonyl (C=O) groups excluding carboxylic acids is 1. The van der Waals surface area contributed by atoms with Crippen molar-refractivity contribution in [2.75, 3.05) is 7.11 Å². The molecule has 1 fully saturated rings. The standard InChI is InChI=1S/C12H14ClNO2/c1-16-10-5-2-8(11(13)7-10)6-12(15)14-9-3-4-9/h2,5,7,9H,3-4,6H2,1H3,(H,14,15). The third-order valence-corrected chi connectivity index (χ3v) is 2.91. The first-order valence-corrected chi connectivity index (χ1v) is 5.68. The number of rotatable bonds is 4. The van der Waals surface area contributed by atoms with E-state index in [0.717, 1.165) is 18.4 Å². The molecule has 0 bridgehead atoms. The van der Waals surface area contributed by atoms with Crippen molar-refractivity contribution < 1.29 is 9.53 Å². The van der Waals surface area contributed by atoms with Crippen LogP contribution in [0.2, 0.25) is 5.02 Å². The van der Waals surface area contributed by atoms with Crippen LogP contribution in [-0.2, 0) is 11.2 Å². The van der Waals surface area contributed by atoms with Crippen LogP contribution in [0.4, 0.5) is 0 Å². The van der Waals surface area contributed by atoms with Crippen molar-refractivity contribution in [1.82, 2.24) is 5.32 Å². The monoisotopic (exact) mass is 239 g/mol. The minimum Gasteiger partial charge on any atom is -0.497 e. The summed E-state index contributed by atoms with van der Waals surface area (Å²) in [6.07, 6.45) is 2.53. The summed E-state index contributed by atoms with van der Waals surface area (Å²) in [5, 5.41) is 3.50. The Bertz CT molecular complexity index is 402. The van der Waals surface area contributed by atoms with Crippen molar-refractivity contribution in [3.05, 3.63) is 28.8 Å². The Morgan fingerprint density at radius 3 is 2.88 bits per heavy atom. The Kier molecular flexibility index (Phi) is 3.34. The number of hydrogen-bond acceptors (Lipinski definition) is 2. The lowest BCUT2D eigenvalue weighted by Crippen LogP contribution is -2.27. The van der Waals surface area contributed by atoms with E-state index in [0.29, 0.717) is 23.2 Å². The highest BCUT2D eigenvalue weighted by Gasteiger charge is 2.23. The van der Waals surface area contributed by atoms with Gasteiger partial charge in [0.1, 0.15) is 5.75 Å². The number of carbonyl (C=O) groups is 1. The highest BCUT2D eigenvalue weighted by atomic mass is 35.5. The number of amides is 1. The van der Waals surface area contributed by atoms with Gasteiger partial charge in [-0.25, -0.2) is 0 Å². The second kappa shape index (κ2) is 4.74. The van der Waals surface area contributed by atoms with Crippen molar-refractivity contribution in [2.45, 2.75) is 25.3 Å². The van der Waals surface area contributed by atoms with E-state index in [-0.39, 0.29) is 5.91 Å². The average Bonchev–Trinajstić information content (AvgIpc) is 3.05. The third kappa shape index (κ3) is 2.89. The minimum absolute atomic E-state index is 0.0366. The van der Waals surface area contributed by atoms with Crippen LogP contribution < -0.4 is 10.1 Å². The van der Waals surface area contributed by atoms with Crippen molar-refractivity contribution in [3.8, 4) is 5.75 Å². The highest BCUT2D eigenvalue weighted by Crippen LogP contribution is 2.23. The van der Waals surface area contributed by atoms with Gasteiger partial charge in [0, 0.05) is 11.1 Å². The summed E-state index contributed by atoms with van der Waals surface area (Å²) in [4.78, 5) is 11.6. The summed E-state index contributed by atoms with van der Waals surface area (Å²) in [5.74, 6) is 0.742. The van der Waals surface area contributed by atoms with Crippen LogP contribution in [0.25, 0.3) is 0 Å². The van der Waals surface area contributed by atoms with Crippen molar-refractivity contribution >= 4 is 17.5 Å². The molecule has 0 unspecified atom stereocenters. The molecule has 0 aromatic heterocycles. The zero-order valence-corrected chi connectivity index (χ0v) is 9.88. The molecule has 0 atom stereocenters. The number of nitrogens with one attached hydrogen (secondary N) is 1. The molecule has 86 valence electrons. The van der Waals surface area contributed by atoms with Crippen LogP contribution in [-0.4, -0.2) is 19.1 Å². The van der Waals surface area contributed by atoms with Gasteiger partial charge in [0.15, 0.2) is 0 Å².